The van der Waals surface area contributed by atoms with Gasteiger partial charge in [-0.05, 0) is 24.3 Å². The molecule has 0 atom stereocenters. The molecule has 0 aliphatic heterocycles. The molecular weight excluding hydrogens is 286 g/mol. The molecule has 2 rings (SSSR count). The van der Waals surface area contributed by atoms with Crippen molar-refractivity contribution in [2.24, 2.45) is 0 Å². The third-order valence-electron chi connectivity index (χ3n) is 2.46. The van der Waals surface area contributed by atoms with Gasteiger partial charge in [0.15, 0.2) is 0 Å². The number of nitrogens with zero attached hydrogens (tertiary/aromatic N) is 1. The molecule has 0 aliphatic carbocycles. The molecule has 0 heterocycles. The first-order valence-corrected chi connectivity index (χ1v) is 5.81. The Kier molecular flexibility index (Phi) is 3.86. The average molecular weight is 294 g/mol. The summed E-state index contributed by atoms with van der Waals surface area (Å²) < 4.78 is 5.41. The van der Waals surface area contributed by atoms with Gasteiger partial charge in [-0.15, -0.1) is 0 Å². The molecule has 0 saturated heterocycles. The van der Waals surface area contributed by atoms with Crippen LogP contribution in [-0.2, 0) is 0 Å². The maximum atomic E-state index is 10.9. The summed E-state index contributed by atoms with van der Waals surface area (Å²) in [6, 6.07) is 10.1. The molecule has 102 valence electrons. The number of para-hydroxylation sites is 1. The SMILES string of the molecule is O=C(O)c1ccc(Oc2ccccc2Cl)cc1[N+](=O)[O-]. The van der Waals surface area contributed by atoms with Crippen molar-refractivity contribution in [3.63, 3.8) is 0 Å². The molecule has 6 nitrogen and oxygen atoms in total. The van der Waals surface area contributed by atoms with Gasteiger partial charge in [0.05, 0.1) is 16.0 Å². The van der Waals surface area contributed by atoms with Crippen LogP contribution in [0.15, 0.2) is 42.5 Å². The molecule has 2 aromatic rings. The van der Waals surface area contributed by atoms with E-state index in [0.29, 0.717) is 10.8 Å². The van der Waals surface area contributed by atoms with Crippen molar-refractivity contribution < 1.29 is 19.6 Å². The second-order valence-corrected chi connectivity index (χ2v) is 4.18. The van der Waals surface area contributed by atoms with Crippen molar-refractivity contribution in [3.8, 4) is 11.5 Å². The van der Waals surface area contributed by atoms with E-state index in [9.17, 15) is 14.9 Å². The largest absolute Gasteiger partial charge is 0.477 e. The highest BCUT2D eigenvalue weighted by molar-refractivity contribution is 6.32. The predicted molar refractivity (Wildman–Crippen MR) is 71.6 cm³/mol. The standard InChI is InChI=1S/C13H8ClNO5/c14-10-3-1-2-4-12(10)20-8-5-6-9(13(16)17)11(7-8)15(18)19/h1-7H,(H,16,17). The molecule has 7 heteroatoms. The summed E-state index contributed by atoms with van der Waals surface area (Å²) in [5.41, 5.74) is -0.941. The van der Waals surface area contributed by atoms with Gasteiger partial charge < -0.3 is 9.84 Å². The van der Waals surface area contributed by atoms with E-state index in [1.165, 1.54) is 6.07 Å². The Morgan fingerprint density at radius 3 is 2.55 bits per heavy atom. The van der Waals surface area contributed by atoms with E-state index in [-0.39, 0.29) is 5.75 Å². The zero-order valence-electron chi connectivity index (χ0n) is 9.95. The molecule has 0 aromatic heterocycles. The topological polar surface area (TPSA) is 89.7 Å². The average Bonchev–Trinajstić information content (AvgIpc) is 2.41. The van der Waals surface area contributed by atoms with Gasteiger partial charge in [-0.3, -0.25) is 10.1 Å². The Morgan fingerprint density at radius 2 is 1.95 bits per heavy atom. The zero-order chi connectivity index (χ0) is 14.7. The lowest BCUT2D eigenvalue weighted by Crippen LogP contribution is -2.02. The van der Waals surface area contributed by atoms with Crippen molar-refractivity contribution in [1.29, 1.82) is 0 Å². The number of hydrogen-bond donors (Lipinski definition) is 1. The molecule has 1 N–H and O–H groups in total. The monoisotopic (exact) mass is 293 g/mol. The highest BCUT2D eigenvalue weighted by atomic mass is 35.5. The van der Waals surface area contributed by atoms with Crippen LogP contribution in [0.1, 0.15) is 10.4 Å². The molecule has 2 aromatic carbocycles. The van der Waals surface area contributed by atoms with Crippen LogP contribution in [0.4, 0.5) is 5.69 Å². The van der Waals surface area contributed by atoms with Gasteiger partial charge in [0.1, 0.15) is 17.1 Å². The molecule has 0 fully saturated rings. The van der Waals surface area contributed by atoms with Gasteiger partial charge in [0.25, 0.3) is 5.69 Å². The van der Waals surface area contributed by atoms with E-state index in [1.807, 2.05) is 0 Å². The number of hydrogen-bond acceptors (Lipinski definition) is 4. The molecular formula is C13H8ClNO5. The number of aromatic carboxylic acids is 1. The van der Waals surface area contributed by atoms with Crippen LogP contribution in [0.3, 0.4) is 0 Å². The third kappa shape index (κ3) is 2.86. The number of carboxylic acids is 1. The maximum Gasteiger partial charge on any atom is 0.342 e. The van der Waals surface area contributed by atoms with Crippen LogP contribution in [0.2, 0.25) is 5.02 Å². The van der Waals surface area contributed by atoms with Crippen molar-refractivity contribution in [3.05, 3.63) is 63.2 Å². The number of carbonyl (C=O) groups is 1. The number of benzene rings is 2. The molecule has 0 unspecified atom stereocenters. The normalized spacial score (nSPS) is 10.1. The van der Waals surface area contributed by atoms with Crippen LogP contribution in [0.25, 0.3) is 0 Å². The molecule has 0 amide bonds. The summed E-state index contributed by atoms with van der Waals surface area (Å²) in [6.07, 6.45) is 0. The Morgan fingerprint density at radius 1 is 1.25 bits per heavy atom. The van der Waals surface area contributed by atoms with Gasteiger partial charge in [0, 0.05) is 0 Å². The molecule has 0 spiro atoms. The minimum atomic E-state index is -1.37. The Balaban J connectivity index is 2.40. The van der Waals surface area contributed by atoms with E-state index in [1.54, 1.807) is 24.3 Å². The van der Waals surface area contributed by atoms with Gasteiger partial charge in [-0.2, -0.15) is 0 Å². The highest BCUT2D eigenvalue weighted by Crippen LogP contribution is 2.32. The first-order valence-electron chi connectivity index (χ1n) is 5.43. The van der Waals surface area contributed by atoms with Gasteiger partial charge in [0.2, 0.25) is 0 Å². The highest BCUT2D eigenvalue weighted by Gasteiger charge is 2.20. The van der Waals surface area contributed by atoms with E-state index >= 15 is 0 Å². The Hall–Kier alpha value is -2.60. The fourth-order valence-corrected chi connectivity index (χ4v) is 1.74. The molecule has 0 radical (unpaired) electrons. The van der Waals surface area contributed by atoms with E-state index < -0.39 is 22.1 Å². The number of halogens is 1. The maximum absolute atomic E-state index is 10.9. The second kappa shape index (κ2) is 5.58. The van der Waals surface area contributed by atoms with E-state index in [4.69, 9.17) is 21.4 Å². The third-order valence-corrected chi connectivity index (χ3v) is 2.77. The van der Waals surface area contributed by atoms with Crippen LogP contribution in [0.5, 0.6) is 11.5 Å². The van der Waals surface area contributed by atoms with Crippen molar-refractivity contribution in [2.45, 2.75) is 0 Å². The van der Waals surface area contributed by atoms with E-state index in [2.05, 4.69) is 0 Å². The number of nitro groups is 1. The summed E-state index contributed by atoms with van der Waals surface area (Å²) in [4.78, 5) is 21.0. The van der Waals surface area contributed by atoms with Gasteiger partial charge >= 0.3 is 5.97 Å². The fourth-order valence-electron chi connectivity index (χ4n) is 1.56. The summed E-state index contributed by atoms with van der Waals surface area (Å²) >= 11 is 5.91. The minimum Gasteiger partial charge on any atom is -0.477 e. The summed E-state index contributed by atoms with van der Waals surface area (Å²) in [5, 5.41) is 20.1. The predicted octanol–water partition coefficient (Wildman–Crippen LogP) is 3.74. The second-order valence-electron chi connectivity index (χ2n) is 3.77. The van der Waals surface area contributed by atoms with Crippen LogP contribution < -0.4 is 4.74 Å². The summed E-state index contributed by atoms with van der Waals surface area (Å²) in [6.45, 7) is 0. The molecule has 0 aliphatic rings. The molecule has 0 bridgehead atoms. The van der Waals surface area contributed by atoms with Gasteiger partial charge in [-0.25, -0.2) is 4.79 Å². The first kappa shape index (κ1) is 13.8. The summed E-state index contributed by atoms with van der Waals surface area (Å²) in [7, 11) is 0. The lowest BCUT2D eigenvalue weighted by atomic mass is 10.1. The first-order chi connectivity index (χ1) is 9.49. The number of carboxylic acid groups (broad SMARTS) is 1. The lowest BCUT2D eigenvalue weighted by Gasteiger charge is -2.07. The quantitative estimate of drug-likeness (QED) is 0.685. The fraction of sp³-hybridized carbons (Fsp3) is 0. The zero-order valence-corrected chi connectivity index (χ0v) is 10.7. The molecule has 20 heavy (non-hydrogen) atoms. The van der Waals surface area contributed by atoms with Crippen molar-refractivity contribution in [1.82, 2.24) is 0 Å². The number of ether oxygens (including phenoxy) is 1. The van der Waals surface area contributed by atoms with Crippen LogP contribution >= 0.6 is 11.6 Å². The Labute approximate surface area is 118 Å². The summed E-state index contributed by atoms with van der Waals surface area (Å²) in [5.74, 6) is -0.915. The Bertz CT molecular complexity index is 686. The van der Waals surface area contributed by atoms with Gasteiger partial charge in [-0.1, -0.05) is 23.7 Å². The molecule has 0 saturated carbocycles. The van der Waals surface area contributed by atoms with Crippen molar-refractivity contribution in [2.75, 3.05) is 0 Å². The van der Waals surface area contributed by atoms with Crippen LogP contribution in [-0.4, -0.2) is 16.0 Å². The lowest BCUT2D eigenvalue weighted by molar-refractivity contribution is -0.385. The van der Waals surface area contributed by atoms with E-state index in [0.717, 1.165) is 12.1 Å². The van der Waals surface area contributed by atoms with Crippen LogP contribution in [0, 0.1) is 10.1 Å². The number of rotatable bonds is 4. The number of nitro benzene ring substituents is 1. The minimum absolute atomic E-state index is 0.134. The smallest absolute Gasteiger partial charge is 0.342 e. The van der Waals surface area contributed by atoms with Crippen molar-refractivity contribution >= 4 is 23.3 Å².